The normalized spacial score (nSPS) is 9.40. The number of hydrogen-bond donors (Lipinski definition) is 0. The van der Waals surface area contributed by atoms with Gasteiger partial charge in [0.15, 0.2) is 0 Å². The van der Waals surface area contributed by atoms with Crippen LogP contribution in [0, 0.1) is 6.92 Å². The van der Waals surface area contributed by atoms with Crippen LogP contribution in [0.15, 0.2) is 18.3 Å². The van der Waals surface area contributed by atoms with Gasteiger partial charge in [-0.1, -0.05) is 0 Å². The lowest BCUT2D eigenvalue weighted by Gasteiger charge is -2.02. The Morgan fingerprint density at radius 2 is 2.40 bits per heavy atom. The summed E-state index contributed by atoms with van der Waals surface area (Å²) < 4.78 is 1.43. The number of rotatable bonds is 1. The maximum atomic E-state index is 10.4. The van der Waals surface area contributed by atoms with Crippen LogP contribution in [-0.4, -0.2) is 10.7 Å². The maximum absolute atomic E-state index is 10.4. The second-order valence-electron chi connectivity index (χ2n) is 2.06. The molecule has 0 aliphatic rings. The Hall–Kier alpha value is -1.25. The van der Waals surface area contributed by atoms with Crippen molar-refractivity contribution in [1.82, 2.24) is 4.73 Å². The van der Waals surface area contributed by atoms with Crippen molar-refractivity contribution >= 4 is 5.97 Å². The van der Waals surface area contributed by atoms with E-state index in [9.17, 15) is 4.79 Å². The number of aryl methyl sites for hydroxylation is 1. The van der Waals surface area contributed by atoms with Gasteiger partial charge in [0.1, 0.15) is 0 Å². The SMILES string of the molecule is CC(=O)On1cccc1C. The van der Waals surface area contributed by atoms with Crippen molar-refractivity contribution < 1.29 is 9.63 Å². The topological polar surface area (TPSA) is 31.2 Å². The van der Waals surface area contributed by atoms with E-state index in [0.29, 0.717) is 0 Å². The zero-order valence-corrected chi connectivity index (χ0v) is 6.00. The van der Waals surface area contributed by atoms with E-state index in [1.165, 1.54) is 11.7 Å². The highest BCUT2D eigenvalue weighted by Crippen LogP contribution is 1.95. The molecule has 54 valence electrons. The third-order valence-corrected chi connectivity index (χ3v) is 1.13. The van der Waals surface area contributed by atoms with Gasteiger partial charge >= 0.3 is 5.97 Å². The fourth-order valence-corrected chi connectivity index (χ4v) is 0.692. The largest absolute Gasteiger partial charge is 0.337 e. The standard InChI is InChI=1S/C7H9NO2/c1-6-4-3-5-8(6)10-7(2)9/h3-5H,1-2H3. The Bertz CT molecular complexity index is 240. The summed E-state index contributed by atoms with van der Waals surface area (Å²) in [5.74, 6) is -0.306. The first-order valence-electron chi connectivity index (χ1n) is 3.03. The van der Waals surface area contributed by atoms with E-state index in [1.807, 2.05) is 19.1 Å². The van der Waals surface area contributed by atoms with Gasteiger partial charge in [-0.15, -0.1) is 0 Å². The minimum atomic E-state index is -0.306. The minimum absolute atomic E-state index is 0.306. The molecule has 0 saturated heterocycles. The molecule has 0 spiro atoms. The van der Waals surface area contributed by atoms with Crippen LogP contribution in [0.4, 0.5) is 0 Å². The molecule has 0 atom stereocenters. The summed E-state index contributed by atoms with van der Waals surface area (Å²) in [6.45, 7) is 3.24. The van der Waals surface area contributed by atoms with Gasteiger partial charge in [-0.3, -0.25) is 0 Å². The molecule has 0 aromatic carbocycles. The van der Waals surface area contributed by atoms with Gasteiger partial charge < -0.3 is 4.84 Å². The minimum Gasteiger partial charge on any atom is -0.337 e. The number of aromatic nitrogens is 1. The van der Waals surface area contributed by atoms with Gasteiger partial charge in [0.05, 0.1) is 5.69 Å². The molecule has 0 N–H and O–H groups in total. The highest BCUT2D eigenvalue weighted by molar-refractivity contribution is 5.66. The Kier molecular flexibility index (Phi) is 1.76. The van der Waals surface area contributed by atoms with Crippen molar-refractivity contribution in [2.45, 2.75) is 13.8 Å². The molecular formula is C7H9NO2. The van der Waals surface area contributed by atoms with E-state index in [-0.39, 0.29) is 5.97 Å². The highest BCUT2D eigenvalue weighted by atomic mass is 16.7. The fourth-order valence-electron chi connectivity index (χ4n) is 0.692. The van der Waals surface area contributed by atoms with Crippen LogP contribution in [0.1, 0.15) is 12.6 Å². The fraction of sp³-hybridized carbons (Fsp3) is 0.286. The van der Waals surface area contributed by atoms with Crippen LogP contribution in [0.5, 0.6) is 0 Å². The lowest BCUT2D eigenvalue weighted by molar-refractivity contribution is -0.141. The molecule has 3 heteroatoms. The third-order valence-electron chi connectivity index (χ3n) is 1.13. The average molecular weight is 139 g/mol. The Labute approximate surface area is 59.2 Å². The summed E-state index contributed by atoms with van der Waals surface area (Å²) in [5, 5.41) is 0. The molecule has 0 fully saturated rings. The Morgan fingerprint density at radius 1 is 1.70 bits per heavy atom. The molecule has 0 bridgehead atoms. The van der Waals surface area contributed by atoms with Crippen molar-refractivity contribution in [3.8, 4) is 0 Å². The summed E-state index contributed by atoms with van der Waals surface area (Å²) in [4.78, 5) is 15.2. The molecule has 1 aromatic heterocycles. The summed E-state index contributed by atoms with van der Waals surface area (Å²) in [6, 6.07) is 3.68. The molecule has 0 aliphatic heterocycles. The lowest BCUT2D eigenvalue weighted by Crippen LogP contribution is -2.16. The van der Waals surface area contributed by atoms with Gasteiger partial charge in [-0.2, -0.15) is 4.73 Å². The number of carbonyl (C=O) groups is 1. The molecule has 0 amide bonds. The molecule has 3 nitrogen and oxygen atoms in total. The molecule has 0 aliphatic carbocycles. The quantitative estimate of drug-likeness (QED) is 0.575. The van der Waals surface area contributed by atoms with Crippen LogP contribution in [0.2, 0.25) is 0 Å². The van der Waals surface area contributed by atoms with Crippen LogP contribution in [-0.2, 0) is 4.79 Å². The van der Waals surface area contributed by atoms with E-state index in [4.69, 9.17) is 4.84 Å². The molecule has 1 heterocycles. The first kappa shape index (κ1) is 6.86. The molecule has 10 heavy (non-hydrogen) atoms. The summed E-state index contributed by atoms with van der Waals surface area (Å²) in [5.41, 5.74) is 0.912. The van der Waals surface area contributed by atoms with Crippen LogP contribution < -0.4 is 4.84 Å². The van der Waals surface area contributed by atoms with E-state index >= 15 is 0 Å². The first-order valence-corrected chi connectivity index (χ1v) is 3.03. The molecule has 0 unspecified atom stereocenters. The summed E-state index contributed by atoms with van der Waals surface area (Å²) in [6.07, 6.45) is 1.69. The maximum Gasteiger partial charge on any atom is 0.329 e. The highest BCUT2D eigenvalue weighted by Gasteiger charge is 1.96. The van der Waals surface area contributed by atoms with Crippen molar-refractivity contribution in [3.63, 3.8) is 0 Å². The van der Waals surface area contributed by atoms with Crippen molar-refractivity contribution in [1.29, 1.82) is 0 Å². The summed E-state index contributed by atoms with van der Waals surface area (Å²) in [7, 11) is 0. The average Bonchev–Trinajstić information content (AvgIpc) is 2.15. The van der Waals surface area contributed by atoms with Crippen LogP contribution in [0.3, 0.4) is 0 Å². The second kappa shape index (κ2) is 2.56. The zero-order chi connectivity index (χ0) is 7.56. The predicted molar refractivity (Wildman–Crippen MR) is 36.4 cm³/mol. The van der Waals surface area contributed by atoms with Crippen molar-refractivity contribution in [2.75, 3.05) is 0 Å². The van der Waals surface area contributed by atoms with E-state index in [1.54, 1.807) is 6.20 Å². The van der Waals surface area contributed by atoms with Gasteiger partial charge in [-0.25, -0.2) is 4.79 Å². The van der Waals surface area contributed by atoms with Gasteiger partial charge in [0.25, 0.3) is 0 Å². The number of nitrogens with zero attached hydrogens (tertiary/aromatic N) is 1. The Balaban J connectivity index is 2.74. The third kappa shape index (κ3) is 1.37. The molecular weight excluding hydrogens is 130 g/mol. The molecule has 0 saturated carbocycles. The summed E-state index contributed by atoms with van der Waals surface area (Å²) >= 11 is 0. The number of carbonyl (C=O) groups excluding carboxylic acids is 1. The van der Waals surface area contributed by atoms with Crippen molar-refractivity contribution in [3.05, 3.63) is 24.0 Å². The predicted octanol–water partition coefficient (Wildman–Crippen LogP) is 0.772. The monoisotopic (exact) mass is 139 g/mol. The van der Waals surface area contributed by atoms with Gasteiger partial charge in [0.2, 0.25) is 0 Å². The lowest BCUT2D eigenvalue weighted by atomic mass is 10.5. The molecule has 0 radical (unpaired) electrons. The van der Waals surface area contributed by atoms with Gasteiger partial charge in [-0.05, 0) is 19.1 Å². The van der Waals surface area contributed by atoms with E-state index < -0.39 is 0 Å². The van der Waals surface area contributed by atoms with Crippen molar-refractivity contribution in [2.24, 2.45) is 0 Å². The number of hydrogen-bond acceptors (Lipinski definition) is 2. The second-order valence-corrected chi connectivity index (χ2v) is 2.06. The molecule has 1 rings (SSSR count). The van der Waals surface area contributed by atoms with Gasteiger partial charge in [0, 0.05) is 13.1 Å². The smallest absolute Gasteiger partial charge is 0.329 e. The van der Waals surface area contributed by atoms with E-state index in [2.05, 4.69) is 0 Å². The van der Waals surface area contributed by atoms with E-state index in [0.717, 1.165) is 5.69 Å². The Morgan fingerprint density at radius 3 is 2.80 bits per heavy atom. The van der Waals surface area contributed by atoms with Crippen LogP contribution in [0.25, 0.3) is 0 Å². The van der Waals surface area contributed by atoms with Crippen LogP contribution >= 0.6 is 0 Å². The first-order chi connectivity index (χ1) is 4.70. The molecule has 1 aromatic rings. The zero-order valence-electron chi connectivity index (χ0n) is 6.00.